The number of nitrogens with zero attached hydrogens (tertiary/aromatic N) is 2. The van der Waals surface area contributed by atoms with Gasteiger partial charge < -0.3 is 20.5 Å². The van der Waals surface area contributed by atoms with Crippen LogP contribution in [-0.4, -0.2) is 55.4 Å². The summed E-state index contributed by atoms with van der Waals surface area (Å²) in [7, 11) is 0. The van der Waals surface area contributed by atoms with Gasteiger partial charge in [-0.2, -0.15) is 0 Å². The van der Waals surface area contributed by atoms with Crippen molar-refractivity contribution in [2.75, 3.05) is 50.0 Å². The van der Waals surface area contributed by atoms with Gasteiger partial charge in [0, 0.05) is 44.1 Å². The first-order valence-corrected chi connectivity index (χ1v) is 12.0. The second-order valence-electron chi connectivity index (χ2n) is 8.54. The van der Waals surface area contributed by atoms with E-state index in [1.807, 2.05) is 12.1 Å². The summed E-state index contributed by atoms with van der Waals surface area (Å²) in [5.41, 5.74) is 9.63. The largest absolute Gasteiger partial charge is 0.488 e. The van der Waals surface area contributed by atoms with E-state index >= 15 is 0 Å². The lowest BCUT2D eigenvalue weighted by atomic mass is 10.0. The Balaban J connectivity index is 1.22. The summed E-state index contributed by atoms with van der Waals surface area (Å²) in [4.78, 5) is 4.56. The van der Waals surface area contributed by atoms with Crippen LogP contribution >= 0.6 is 23.2 Å². The van der Waals surface area contributed by atoms with Gasteiger partial charge in [-0.1, -0.05) is 47.5 Å². The summed E-state index contributed by atoms with van der Waals surface area (Å²) < 4.78 is 18.7. The molecular weight excluding hydrogens is 476 g/mol. The van der Waals surface area contributed by atoms with Gasteiger partial charge in [-0.15, -0.1) is 0 Å². The summed E-state index contributed by atoms with van der Waals surface area (Å²) in [6.07, 6.45) is 0.114. The molecule has 1 atom stereocenters. The van der Waals surface area contributed by atoms with E-state index in [1.165, 1.54) is 23.4 Å². The molecule has 34 heavy (non-hydrogen) atoms. The molecule has 4 rings (SSSR count). The zero-order valence-corrected chi connectivity index (χ0v) is 20.3. The van der Waals surface area contributed by atoms with Crippen molar-refractivity contribution in [3.63, 3.8) is 0 Å². The maximum Gasteiger partial charge on any atom is 0.156 e. The maximum absolute atomic E-state index is 13.1. The molecule has 3 N–H and O–H groups in total. The molecule has 1 heterocycles. The Hall–Kier alpha value is -2.51. The topological polar surface area (TPSA) is 62.0 Å². The molecule has 5 nitrogen and oxygen atoms in total. The Kier molecular flexibility index (Phi) is 8.16. The van der Waals surface area contributed by atoms with E-state index in [1.54, 1.807) is 12.1 Å². The van der Waals surface area contributed by atoms with E-state index < -0.39 is 6.10 Å². The van der Waals surface area contributed by atoms with Gasteiger partial charge in [0.05, 0.1) is 10.0 Å². The Morgan fingerprint density at radius 1 is 0.912 bits per heavy atom. The lowest BCUT2D eigenvalue weighted by molar-refractivity contribution is 0.0664. The van der Waals surface area contributed by atoms with Crippen LogP contribution in [0.15, 0.2) is 60.7 Å². The molecule has 0 bridgehead atoms. The van der Waals surface area contributed by atoms with Crippen LogP contribution < -0.4 is 15.4 Å². The van der Waals surface area contributed by atoms with Crippen molar-refractivity contribution in [2.24, 2.45) is 0 Å². The van der Waals surface area contributed by atoms with Gasteiger partial charge in [0.1, 0.15) is 18.5 Å². The molecule has 180 valence electrons. The summed E-state index contributed by atoms with van der Waals surface area (Å²) >= 11 is 12.3. The summed E-state index contributed by atoms with van der Waals surface area (Å²) in [5.74, 6) is 0.123. The Morgan fingerprint density at radius 3 is 2.06 bits per heavy atom. The number of anilines is 2. The first kappa shape index (κ1) is 24.6. The molecule has 1 fully saturated rings. The molecule has 0 saturated carbocycles. The zero-order valence-electron chi connectivity index (χ0n) is 18.8. The van der Waals surface area contributed by atoms with Crippen LogP contribution in [0.3, 0.4) is 0 Å². The van der Waals surface area contributed by atoms with E-state index in [0.717, 1.165) is 38.2 Å². The third-order valence-corrected chi connectivity index (χ3v) is 6.47. The van der Waals surface area contributed by atoms with Crippen LogP contribution in [0.1, 0.15) is 11.1 Å². The second-order valence-corrected chi connectivity index (χ2v) is 9.35. The van der Waals surface area contributed by atoms with E-state index in [4.69, 9.17) is 33.7 Å². The third kappa shape index (κ3) is 6.54. The number of nitrogen functional groups attached to an aromatic ring is 1. The average molecular weight is 504 g/mol. The Labute approximate surface area is 209 Å². The fourth-order valence-electron chi connectivity index (χ4n) is 4.10. The number of hydrogen-bond donors (Lipinski definition) is 2. The Bertz CT molecular complexity index is 1070. The number of rotatable bonds is 8. The van der Waals surface area contributed by atoms with Crippen LogP contribution in [0.2, 0.25) is 10.0 Å². The number of aliphatic hydroxyl groups excluding tert-OH is 1. The fourth-order valence-corrected chi connectivity index (χ4v) is 4.71. The minimum atomic E-state index is -0.665. The van der Waals surface area contributed by atoms with Gasteiger partial charge in [-0.25, -0.2) is 4.39 Å². The SMILES string of the molecule is Nc1cc(Cl)c(OCC(O)CN2CCN(c3ccc(Cc4ccc(F)cc4)cc3)CC2)c(Cl)c1. The van der Waals surface area contributed by atoms with Gasteiger partial charge in [-0.05, 0) is 53.9 Å². The molecule has 1 unspecified atom stereocenters. The molecule has 0 amide bonds. The lowest BCUT2D eigenvalue weighted by Gasteiger charge is -2.37. The lowest BCUT2D eigenvalue weighted by Crippen LogP contribution is -2.49. The number of hydrogen-bond acceptors (Lipinski definition) is 5. The smallest absolute Gasteiger partial charge is 0.156 e. The average Bonchev–Trinajstić information content (AvgIpc) is 2.81. The number of benzene rings is 3. The van der Waals surface area contributed by atoms with E-state index in [9.17, 15) is 9.50 Å². The van der Waals surface area contributed by atoms with Crippen molar-refractivity contribution < 1.29 is 14.2 Å². The maximum atomic E-state index is 13.1. The predicted molar refractivity (Wildman–Crippen MR) is 137 cm³/mol. The van der Waals surface area contributed by atoms with Gasteiger partial charge in [0.25, 0.3) is 0 Å². The minimum Gasteiger partial charge on any atom is -0.488 e. The monoisotopic (exact) mass is 503 g/mol. The molecule has 1 aliphatic heterocycles. The highest BCUT2D eigenvalue weighted by Gasteiger charge is 2.20. The minimum absolute atomic E-state index is 0.0963. The first-order chi connectivity index (χ1) is 16.4. The molecule has 8 heteroatoms. The molecule has 1 aliphatic rings. The van der Waals surface area contributed by atoms with E-state index in [0.29, 0.717) is 28.0 Å². The van der Waals surface area contributed by atoms with Gasteiger partial charge in [-0.3, -0.25) is 4.90 Å². The number of nitrogens with two attached hydrogens (primary N) is 1. The van der Waals surface area contributed by atoms with Crippen molar-refractivity contribution in [1.82, 2.24) is 4.90 Å². The van der Waals surface area contributed by atoms with Crippen LogP contribution in [0.4, 0.5) is 15.8 Å². The molecule has 0 spiro atoms. The van der Waals surface area contributed by atoms with Crippen LogP contribution in [0.5, 0.6) is 5.75 Å². The zero-order chi connectivity index (χ0) is 24.1. The highest BCUT2D eigenvalue weighted by Crippen LogP contribution is 2.35. The number of aliphatic hydroxyl groups is 1. The van der Waals surface area contributed by atoms with Crippen molar-refractivity contribution in [3.05, 3.63) is 87.7 Å². The predicted octanol–water partition coefficient (Wildman–Crippen LogP) is 4.87. The summed E-state index contributed by atoms with van der Waals surface area (Å²) in [6.45, 7) is 4.05. The molecule has 3 aromatic rings. The molecular formula is C26H28Cl2FN3O2. The fraction of sp³-hybridized carbons (Fsp3) is 0.308. The van der Waals surface area contributed by atoms with E-state index in [2.05, 4.69) is 34.1 Å². The van der Waals surface area contributed by atoms with E-state index in [-0.39, 0.29) is 12.4 Å². The summed E-state index contributed by atoms with van der Waals surface area (Å²) in [5, 5.41) is 11.1. The quantitative estimate of drug-likeness (QED) is 0.429. The third-order valence-electron chi connectivity index (χ3n) is 5.90. The van der Waals surface area contributed by atoms with Gasteiger partial charge in [0.2, 0.25) is 0 Å². The van der Waals surface area contributed by atoms with Crippen LogP contribution in [-0.2, 0) is 6.42 Å². The van der Waals surface area contributed by atoms with Crippen LogP contribution in [0, 0.1) is 5.82 Å². The normalized spacial score (nSPS) is 15.4. The number of halogens is 3. The highest BCUT2D eigenvalue weighted by atomic mass is 35.5. The number of β-amino-alcohol motifs (C(OH)–C–C–N with tert-alkyl or cyclic N) is 1. The number of ether oxygens (including phenoxy) is 1. The molecule has 0 radical (unpaired) electrons. The first-order valence-electron chi connectivity index (χ1n) is 11.2. The van der Waals surface area contributed by atoms with Crippen molar-refractivity contribution >= 4 is 34.6 Å². The van der Waals surface area contributed by atoms with Crippen molar-refractivity contribution in [3.8, 4) is 5.75 Å². The molecule has 0 aromatic heterocycles. The highest BCUT2D eigenvalue weighted by molar-refractivity contribution is 6.37. The van der Waals surface area contributed by atoms with Gasteiger partial charge >= 0.3 is 0 Å². The second kappa shape index (κ2) is 11.3. The molecule has 1 saturated heterocycles. The standard InChI is InChI=1S/C26H28Cl2FN3O2/c27-24-14-21(30)15-25(28)26(24)34-17-23(33)16-31-9-11-32(12-10-31)22-7-3-19(4-8-22)13-18-1-5-20(29)6-2-18/h1-8,14-15,23,33H,9-13,16-17,30H2. The molecule has 3 aromatic carbocycles. The molecule has 0 aliphatic carbocycles. The van der Waals surface area contributed by atoms with Crippen molar-refractivity contribution in [1.29, 1.82) is 0 Å². The van der Waals surface area contributed by atoms with Gasteiger partial charge in [0.15, 0.2) is 5.75 Å². The van der Waals surface area contributed by atoms with Crippen molar-refractivity contribution in [2.45, 2.75) is 12.5 Å². The van der Waals surface area contributed by atoms with Crippen LogP contribution in [0.25, 0.3) is 0 Å². The number of piperazine rings is 1. The Morgan fingerprint density at radius 2 is 1.47 bits per heavy atom. The summed E-state index contributed by atoms with van der Waals surface area (Å²) in [6, 6.07) is 18.3.